The number of benzene rings is 1. The summed E-state index contributed by atoms with van der Waals surface area (Å²) in [5, 5.41) is 2.44. The van der Waals surface area contributed by atoms with Gasteiger partial charge in [0.25, 0.3) is 0 Å². The summed E-state index contributed by atoms with van der Waals surface area (Å²) in [5.74, 6) is 0.193. The lowest BCUT2D eigenvalue weighted by Crippen LogP contribution is -2.51. The fraction of sp³-hybridized carbons (Fsp3) is 0.455. The molecule has 0 bridgehead atoms. The van der Waals surface area contributed by atoms with Crippen LogP contribution >= 0.6 is 11.6 Å². The second-order valence-electron chi connectivity index (χ2n) is 8.06. The molecule has 0 spiro atoms. The molecule has 2 aromatic rings. The molecule has 6 nitrogen and oxygen atoms in total. The Bertz CT molecular complexity index is 1090. The monoisotopic (exact) mass is 421 g/mol. The summed E-state index contributed by atoms with van der Waals surface area (Å²) in [6, 6.07) is 5.06. The highest BCUT2D eigenvalue weighted by molar-refractivity contribution is 6.32. The van der Waals surface area contributed by atoms with Gasteiger partial charge in [0, 0.05) is 43.4 Å². The van der Waals surface area contributed by atoms with Crippen molar-refractivity contribution in [1.82, 2.24) is 4.68 Å². The lowest BCUT2D eigenvalue weighted by atomic mass is 9.97. The smallest absolute Gasteiger partial charge is 0.193 e. The maximum atomic E-state index is 12.6. The van der Waals surface area contributed by atoms with Crippen molar-refractivity contribution in [2.75, 3.05) is 25.3 Å². The van der Waals surface area contributed by atoms with Crippen LogP contribution in [0.25, 0.3) is 11.3 Å². The molecule has 0 aliphatic carbocycles. The predicted octanol–water partition coefficient (Wildman–Crippen LogP) is 4.04. The molecule has 0 saturated carbocycles. The number of halogens is 1. The molecule has 0 amide bonds. The summed E-state index contributed by atoms with van der Waals surface area (Å²) in [6.07, 6.45) is 1.99. The summed E-state index contributed by atoms with van der Waals surface area (Å²) < 4.78 is 33.5. The summed E-state index contributed by atoms with van der Waals surface area (Å²) in [5.41, 5.74) is 1.86. The van der Waals surface area contributed by atoms with Crippen LogP contribution in [0.2, 0.25) is 5.02 Å². The van der Waals surface area contributed by atoms with Crippen molar-refractivity contribution in [3.63, 3.8) is 0 Å². The minimum atomic E-state index is -2.42. The van der Waals surface area contributed by atoms with E-state index in [9.17, 15) is 9.59 Å². The Kier molecular flexibility index (Phi) is 4.96. The van der Waals surface area contributed by atoms with Crippen LogP contribution in [0.3, 0.4) is 0 Å². The Hall–Kier alpha value is -2.31. The third-order valence-electron chi connectivity index (χ3n) is 4.85. The highest BCUT2D eigenvalue weighted by Gasteiger charge is 2.31. The van der Waals surface area contributed by atoms with E-state index < -0.39 is 7.04 Å². The molecule has 29 heavy (non-hydrogen) atoms. The lowest BCUT2D eigenvalue weighted by Gasteiger charge is -2.44. The first-order valence-corrected chi connectivity index (χ1v) is 9.81. The van der Waals surface area contributed by atoms with Gasteiger partial charge in [-0.25, -0.2) is 0 Å². The number of Topliss-reactive ketones (excluding diaryl/α,β-unsaturated/α-hetero) is 1. The first-order valence-electron chi connectivity index (χ1n) is 10.9. The van der Waals surface area contributed by atoms with Crippen LogP contribution in [0.5, 0.6) is 5.75 Å². The number of ketones is 1. The molecule has 7 heteroatoms. The fourth-order valence-corrected chi connectivity index (χ4v) is 3.59. The maximum absolute atomic E-state index is 12.6. The van der Waals surface area contributed by atoms with Gasteiger partial charge in [0.2, 0.25) is 0 Å². The van der Waals surface area contributed by atoms with E-state index in [4.69, 9.17) is 25.2 Å². The van der Waals surface area contributed by atoms with Gasteiger partial charge >= 0.3 is 0 Å². The van der Waals surface area contributed by atoms with Crippen LogP contribution in [0.1, 0.15) is 54.1 Å². The second-order valence-corrected chi connectivity index (χ2v) is 8.46. The van der Waals surface area contributed by atoms with Crippen LogP contribution in [-0.2, 0) is 11.3 Å². The van der Waals surface area contributed by atoms with Crippen LogP contribution in [-0.4, -0.2) is 36.2 Å². The van der Waals surface area contributed by atoms with Crippen LogP contribution in [0.4, 0.5) is 0 Å². The van der Waals surface area contributed by atoms with E-state index in [0.717, 1.165) is 11.1 Å². The van der Waals surface area contributed by atoms with Gasteiger partial charge in [-0.05, 0) is 45.4 Å². The van der Waals surface area contributed by atoms with Crippen molar-refractivity contribution in [1.29, 1.82) is 0 Å². The minimum absolute atomic E-state index is 0.0473. The molecule has 0 saturated heterocycles. The van der Waals surface area contributed by atoms with Gasteiger partial charge in [-0.1, -0.05) is 11.6 Å². The number of hydrogen-bond acceptors (Lipinski definition) is 5. The second kappa shape index (κ2) is 8.20. The van der Waals surface area contributed by atoms with Crippen molar-refractivity contribution < 1.29 is 18.4 Å². The molecule has 1 aromatic heterocycles. The number of carbonyl (C=O) groups excluding carboxylic acids is 1. The molecule has 3 rings (SSSR count). The van der Waals surface area contributed by atoms with Crippen molar-refractivity contribution in [2.45, 2.75) is 46.2 Å². The number of rotatable bonds is 6. The van der Waals surface area contributed by atoms with E-state index in [1.165, 1.54) is 13.0 Å². The Morgan fingerprint density at radius 1 is 1.28 bits per heavy atom. The van der Waals surface area contributed by atoms with E-state index in [2.05, 4.69) is 5.01 Å². The van der Waals surface area contributed by atoms with Crippen LogP contribution < -0.4 is 15.2 Å². The van der Waals surface area contributed by atoms with Gasteiger partial charge in [0.15, 0.2) is 11.2 Å². The van der Waals surface area contributed by atoms with Crippen molar-refractivity contribution >= 4 is 17.4 Å². The zero-order valence-electron chi connectivity index (χ0n) is 20.0. The minimum Gasteiger partial charge on any atom is -0.492 e. The van der Waals surface area contributed by atoms with E-state index in [1.807, 2.05) is 31.5 Å². The van der Waals surface area contributed by atoms with Gasteiger partial charge in [0.1, 0.15) is 5.75 Å². The normalized spacial score (nSPS) is 15.1. The van der Waals surface area contributed by atoms with Gasteiger partial charge in [0.05, 0.1) is 33.5 Å². The van der Waals surface area contributed by atoms with E-state index in [0.29, 0.717) is 29.4 Å². The average molecular weight is 422 g/mol. The number of nitrogens with zero attached hydrogens (tertiary/aromatic N) is 2. The summed E-state index contributed by atoms with van der Waals surface area (Å²) in [6.45, 7) is 8.33. The SMILES string of the molecule is [2H]C([2H])([2H])OCCCOc1cc2c(cc1Cl)-c1cc(=O)c(C(C)=O)cn1N(C(C)(C)C)C2. The molecule has 2 heterocycles. The number of hydrogen-bond donors (Lipinski definition) is 0. The average Bonchev–Trinajstić information content (AvgIpc) is 2.65. The quantitative estimate of drug-likeness (QED) is 0.520. The third kappa shape index (κ3) is 4.33. The van der Waals surface area contributed by atoms with Crippen molar-refractivity contribution in [2.24, 2.45) is 0 Å². The zero-order chi connectivity index (χ0) is 23.8. The highest BCUT2D eigenvalue weighted by atomic mass is 35.5. The van der Waals surface area contributed by atoms with Crippen molar-refractivity contribution in [3.05, 3.63) is 50.8 Å². The summed E-state index contributed by atoms with van der Waals surface area (Å²) in [4.78, 5) is 24.5. The molecule has 1 aromatic carbocycles. The zero-order valence-corrected chi connectivity index (χ0v) is 17.8. The molecule has 0 N–H and O–H groups in total. The molecule has 1 aliphatic heterocycles. The Balaban J connectivity index is 1.95. The highest BCUT2D eigenvalue weighted by Crippen LogP contribution is 2.38. The number of fused-ring (bicyclic) bond motifs is 3. The summed E-state index contributed by atoms with van der Waals surface area (Å²) >= 11 is 6.46. The van der Waals surface area contributed by atoms with Crippen LogP contribution in [0.15, 0.2) is 29.2 Å². The van der Waals surface area contributed by atoms with E-state index in [1.54, 1.807) is 12.3 Å². The molecule has 1 aliphatic rings. The molecule has 0 unspecified atom stereocenters. The van der Waals surface area contributed by atoms with E-state index in [-0.39, 0.29) is 35.5 Å². The Morgan fingerprint density at radius 3 is 2.69 bits per heavy atom. The number of methoxy groups -OCH3 is 1. The Morgan fingerprint density at radius 2 is 2.03 bits per heavy atom. The standard InChI is InChI=1S/C22H27ClN2O4/c1-14(26)17-13-24-19(11-20(17)27)16-10-18(23)21(29-8-6-7-28-5)9-15(16)12-25(24)22(2,3)4/h9-11,13H,6-8,12H2,1-5H3/i5D3. The first-order chi connectivity index (χ1) is 14.8. The molecule has 0 atom stereocenters. The van der Waals surface area contributed by atoms with Crippen LogP contribution in [0, 0.1) is 0 Å². The van der Waals surface area contributed by atoms with E-state index >= 15 is 0 Å². The molecule has 0 radical (unpaired) electrons. The van der Waals surface area contributed by atoms with Gasteiger partial charge in [-0.3, -0.25) is 14.3 Å². The molecular formula is C22H27ClN2O4. The molecule has 156 valence electrons. The lowest BCUT2D eigenvalue weighted by molar-refractivity contribution is 0.101. The van der Waals surface area contributed by atoms with Crippen molar-refractivity contribution in [3.8, 4) is 17.0 Å². The van der Waals surface area contributed by atoms with Gasteiger partial charge in [-0.2, -0.15) is 0 Å². The number of pyridine rings is 1. The third-order valence-corrected chi connectivity index (χ3v) is 5.14. The van der Waals surface area contributed by atoms with Gasteiger partial charge < -0.3 is 14.5 Å². The first kappa shape index (κ1) is 17.5. The number of carbonyl (C=O) groups is 1. The van der Waals surface area contributed by atoms with Gasteiger partial charge in [-0.15, -0.1) is 0 Å². The topological polar surface area (TPSA) is 60.8 Å². The Labute approximate surface area is 180 Å². The molecule has 0 fully saturated rings. The fourth-order valence-electron chi connectivity index (χ4n) is 3.38. The largest absolute Gasteiger partial charge is 0.492 e. The molecular weight excluding hydrogens is 392 g/mol. The maximum Gasteiger partial charge on any atom is 0.193 e. The predicted molar refractivity (Wildman–Crippen MR) is 115 cm³/mol. The number of aromatic nitrogens is 1. The number of ether oxygens (including phenoxy) is 2. The summed E-state index contributed by atoms with van der Waals surface area (Å²) in [7, 11) is -2.42.